The molecule has 2 aromatic carbocycles. The largest absolute Gasteiger partial charge is 0.256 e. The maximum atomic E-state index is 13.1. The third kappa shape index (κ3) is 3.37. The number of pyridine rings is 1. The summed E-state index contributed by atoms with van der Waals surface area (Å²) in [7, 11) is -3.52. The molecule has 0 N–H and O–H groups in total. The summed E-state index contributed by atoms with van der Waals surface area (Å²) in [6.45, 7) is 0.853. The average molecular weight is 437 g/mol. The first-order valence-electron chi connectivity index (χ1n) is 10.0. The zero-order valence-electron chi connectivity index (χ0n) is 16.4. The number of hydrogen-bond donors (Lipinski definition) is 0. The van der Waals surface area contributed by atoms with Gasteiger partial charge in [-0.05, 0) is 71.9 Å². The lowest BCUT2D eigenvalue weighted by atomic mass is 9.92. The molecule has 0 spiro atoms. The minimum Gasteiger partial charge on any atom is -0.256 e. The van der Waals surface area contributed by atoms with Gasteiger partial charge in [0.15, 0.2) is 0 Å². The second-order valence-electron chi connectivity index (χ2n) is 7.69. The molecule has 0 atom stereocenters. The Morgan fingerprint density at radius 2 is 1.70 bits per heavy atom. The molecule has 0 radical (unpaired) electrons. The lowest BCUT2D eigenvalue weighted by Gasteiger charge is -2.17. The van der Waals surface area contributed by atoms with Gasteiger partial charge in [0.2, 0.25) is 10.0 Å². The standard InChI is InChI=1S/C24H21ClN2O2S/c25-20-10-11-22-18(15-20)9-8-17-5-4-13-26-24(17)23(22)19-12-14-27(16-19)30(28,29)21-6-2-1-3-7-21/h1-7,10-11,13,15H,8-9,12,14,16H2/b23-19-. The highest BCUT2D eigenvalue weighted by molar-refractivity contribution is 7.89. The van der Waals surface area contributed by atoms with Crippen molar-refractivity contribution in [3.8, 4) is 0 Å². The van der Waals surface area contributed by atoms with Gasteiger partial charge in [-0.3, -0.25) is 4.98 Å². The summed E-state index contributed by atoms with van der Waals surface area (Å²) in [6, 6.07) is 18.7. The fourth-order valence-corrected chi connectivity index (χ4v) is 6.07. The van der Waals surface area contributed by atoms with Gasteiger partial charge in [0.1, 0.15) is 0 Å². The predicted octanol–water partition coefficient (Wildman–Crippen LogP) is 4.73. The number of aromatic nitrogens is 1. The Hall–Kier alpha value is -2.47. The maximum absolute atomic E-state index is 13.1. The molecule has 2 heterocycles. The molecular formula is C24H21ClN2O2S. The third-order valence-electron chi connectivity index (χ3n) is 5.89. The number of nitrogens with zero attached hydrogens (tertiary/aromatic N) is 2. The van der Waals surface area contributed by atoms with Crippen molar-refractivity contribution in [2.24, 2.45) is 0 Å². The first-order valence-corrected chi connectivity index (χ1v) is 11.9. The molecule has 1 aliphatic heterocycles. The molecule has 0 unspecified atom stereocenters. The molecule has 1 fully saturated rings. The Morgan fingerprint density at radius 3 is 2.53 bits per heavy atom. The predicted molar refractivity (Wildman–Crippen MR) is 119 cm³/mol. The summed E-state index contributed by atoms with van der Waals surface area (Å²) < 4.78 is 27.9. The first-order chi connectivity index (χ1) is 14.5. The molecule has 1 aromatic heterocycles. The minimum atomic E-state index is -3.52. The number of halogens is 1. The van der Waals surface area contributed by atoms with Gasteiger partial charge >= 0.3 is 0 Å². The number of hydrogen-bond acceptors (Lipinski definition) is 3. The van der Waals surface area contributed by atoms with E-state index in [2.05, 4.69) is 12.1 Å². The molecule has 0 saturated carbocycles. The van der Waals surface area contributed by atoms with E-state index in [4.69, 9.17) is 16.6 Å². The molecule has 30 heavy (non-hydrogen) atoms. The van der Waals surface area contributed by atoms with Gasteiger partial charge in [-0.1, -0.05) is 41.9 Å². The SMILES string of the molecule is O=S(=O)(c1ccccc1)N1CC/C(=C2\c3ccc(Cl)cc3CCc3cccnc32)C1. The van der Waals surface area contributed by atoms with E-state index in [0.717, 1.165) is 40.3 Å². The van der Waals surface area contributed by atoms with Crippen LogP contribution >= 0.6 is 11.6 Å². The number of aryl methyl sites for hydroxylation is 2. The molecule has 2 aliphatic rings. The quantitative estimate of drug-likeness (QED) is 0.583. The molecule has 1 saturated heterocycles. The topological polar surface area (TPSA) is 50.3 Å². The van der Waals surface area contributed by atoms with Crippen LogP contribution in [0.1, 0.15) is 28.8 Å². The van der Waals surface area contributed by atoms with Crippen LogP contribution < -0.4 is 0 Å². The van der Waals surface area contributed by atoms with Crippen LogP contribution in [0.3, 0.4) is 0 Å². The molecule has 3 aromatic rings. The van der Waals surface area contributed by atoms with Crippen LogP contribution in [0.25, 0.3) is 5.57 Å². The Labute approximate surface area is 181 Å². The van der Waals surface area contributed by atoms with Crippen LogP contribution in [0.2, 0.25) is 5.02 Å². The lowest BCUT2D eigenvalue weighted by molar-refractivity contribution is 0.481. The van der Waals surface area contributed by atoms with Crippen molar-refractivity contribution in [3.05, 3.63) is 99.8 Å². The highest BCUT2D eigenvalue weighted by Crippen LogP contribution is 2.39. The van der Waals surface area contributed by atoms with E-state index in [1.54, 1.807) is 28.6 Å². The van der Waals surface area contributed by atoms with Crippen LogP contribution in [0.15, 0.2) is 77.3 Å². The Bertz CT molecular complexity index is 1250. The summed E-state index contributed by atoms with van der Waals surface area (Å²) in [5.74, 6) is 0. The molecule has 1 aliphatic carbocycles. The summed E-state index contributed by atoms with van der Waals surface area (Å²) >= 11 is 6.28. The van der Waals surface area contributed by atoms with E-state index in [1.165, 1.54) is 11.1 Å². The highest BCUT2D eigenvalue weighted by Gasteiger charge is 2.33. The van der Waals surface area contributed by atoms with Crippen molar-refractivity contribution in [3.63, 3.8) is 0 Å². The summed E-state index contributed by atoms with van der Waals surface area (Å²) in [5, 5.41) is 0.719. The van der Waals surface area contributed by atoms with Crippen LogP contribution in [0, 0.1) is 0 Å². The third-order valence-corrected chi connectivity index (χ3v) is 7.99. The van der Waals surface area contributed by atoms with E-state index in [9.17, 15) is 8.42 Å². The van der Waals surface area contributed by atoms with Crippen LogP contribution in [0.4, 0.5) is 0 Å². The van der Waals surface area contributed by atoms with E-state index >= 15 is 0 Å². The normalized spacial score (nSPS) is 19.2. The second-order valence-corrected chi connectivity index (χ2v) is 10.1. The fourth-order valence-electron chi connectivity index (χ4n) is 4.41. The Balaban J connectivity index is 1.63. The zero-order chi connectivity index (χ0) is 20.7. The van der Waals surface area contributed by atoms with E-state index < -0.39 is 10.0 Å². The van der Waals surface area contributed by atoms with Gasteiger partial charge in [0, 0.05) is 29.9 Å². The molecular weight excluding hydrogens is 416 g/mol. The Morgan fingerprint density at radius 1 is 0.900 bits per heavy atom. The smallest absolute Gasteiger partial charge is 0.243 e. The lowest BCUT2D eigenvalue weighted by Crippen LogP contribution is -2.28. The van der Waals surface area contributed by atoms with Crippen LogP contribution in [0.5, 0.6) is 0 Å². The second kappa shape index (κ2) is 7.65. The molecule has 152 valence electrons. The van der Waals surface area contributed by atoms with E-state index in [-0.39, 0.29) is 0 Å². The molecule has 4 nitrogen and oxygen atoms in total. The van der Waals surface area contributed by atoms with Gasteiger partial charge in [-0.2, -0.15) is 4.31 Å². The zero-order valence-corrected chi connectivity index (χ0v) is 18.0. The van der Waals surface area contributed by atoms with E-state index in [0.29, 0.717) is 24.4 Å². The van der Waals surface area contributed by atoms with Crippen LogP contribution in [-0.4, -0.2) is 30.8 Å². The highest BCUT2D eigenvalue weighted by atomic mass is 35.5. The molecule has 0 amide bonds. The molecule has 0 bridgehead atoms. The summed E-state index contributed by atoms with van der Waals surface area (Å²) in [4.78, 5) is 5.05. The van der Waals surface area contributed by atoms with Crippen molar-refractivity contribution >= 4 is 27.2 Å². The van der Waals surface area contributed by atoms with Gasteiger partial charge in [-0.15, -0.1) is 0 Å². The van der Waals surface area contributed by atoms with Gasteiger partial charge in [0.05, 0.1) is 10.6 Å². The Kier molecular flexibility index (Phi) is 4.97. The number of rotatable bonds is 2. The van der Waals surface area contributed by atoms with Crippen molar-refractivity contribution in [1.82, 2.24) is 9.29 Å². The number of fused-ring (bicyclic) bond motifs is 2. The first kappa shape index (κ1) is 19.5. The number of sulfonamides is 1. The van der Waals surface area contributed by atoms with Crippen molar-refractivity contribution in [1.29, 1.82) is 0 Å². The average Bonchev–Trinajstić information content (AvgIpc) is 3.20. The van der Waals surface area contributed by atoms with Gasteiger partial charge < -0.3 is 0 Å². The minimum absolute atomic E-state index is 0.336. The monoisotopic (exact) mass is 436 g/mol. The van der Waals surface area contributed by atoms with Crippen LogP contribution in [-0.2, 0) is 22.9 Å². The maximum Gasteiger partial charge on any atom is 0.243 e. The summed E-state index contributed by atoms with van der Waals surface area (Å²) in [6.07, 6.45) is 4.28. The van der Waals surface area contributed by atoms with Crippen molar-refractivity contribution in [2.75, 3.05) is 13.1 Å². The van der Waals surface area contributed by atoms with Crippen molar-refractivity contribution < 1.29 is 8.42 Å². The van der Waals surface area contributed by atoms with E-state index in [1.807, 2.05) is 30.5 Å². The molecule has 6 heteroatoms. The number of benzene rings is 2. The summed E-state index contributed by atoms with van der Waals surface area (Å²) in [5.41, 5.74) is 6.64. The van der Waals surface area contributed by atoms with Crippen molar-refractivity contribution in [2.45, 2.75) is 24.2 Å². The molecule has 5 rings (SSSR count). The fraction of sp³-hybridized carbons (Fsp3) is 0.208. The van der Waals surface area contributed by atoms with Gasteiger partial charge in [-0.25, -0.2) is 8.42 Å². The van der Waals surface area contributed by atoms with Gasteiger partial charge in [0.25, 0.3) is 0 Å².